The van der Waals surface area contributed by atoms with Crippen molar-refractivity contribution < 1.29 is 23.8 Å². The molecule has 0 aliphatic heterocycles. The summed E-state index contributed by atoms with van der Waals surface area (Å²) in [4.78, 5) is 10.7. The Labute approximate surface area is 203 Å². The maximum atomic E-state index is 13.5. The van der Waals surface area contributed by atoms with Crippen molar-refractivity contribution in [3.05, 3.63) is 101 Å². The van der Waals surface area contributed by atoms with Crippen molar-refractivity contribution in [1.29, 1.82) is 0 Å². The third-order valence-electron chi connectivity index (χ3n) is 4.84. The molecule has 0 radical (unpaired) electrons. The minimum absolute atomic E-state index is 0.288. The number of carboxylic acid groups (broad SMARTS) is 1. The summed E-state index contributed by atoms with van der Waals surface area (Å²) in [6.07, 6.45) is 3.97. The highest BCUT2D eigenvalue weighted by molar-refractivity contribution is 7.98. The second-order valence-corrected chi connectivity index (χ2v) is 8.22. The van der Waals surface area contributed by atoms with Crippen molar-refractivity contribution in [3.8, 4) is 23.3 Å². The van der Waals surface area contributed by atoms with E-state index in [1.807, 2.05) is 43.5 Å². The van der Waals surface area contributed by atoms with Crippen molar-refractivity contribution in [2.75, 3.05) is 25.2 Å². The Kier molecular flexibility index (Phi) is 9.19. The van der Waals surface area contributed by atoms with Gasteiger partial charge < -0.3 is 14.6 Å². The van der Waals surface area contributed by atoms with Gasteiger partial charge in [0, 0.05) is 5.56 Å². The van der Waals surface area contributed by atoms with Crippen LogP contribution in [0.3, 0.4) is 0 Å². The molecule has 0 aromatic heterocycles. The fourth-order valence-electron chi connectivity index (χ4n) is 3.21. The molecule has 0 spiro atoms. The van der Waals surface area contributed by atoms with Crippen molar-refractivity contribution in [2.24, 2.45) is 0 Å². The number of aryl methyl sites for hydroxylation is 1. The summed E-state index contributed by atoms with van der Waals surface area (Å²) in [6, 6.07) is 19.5. The van der Waals surface area contributed by atoms with Gasteiger partial charge in [-0.3, -0.25) is 0 Å². The van der Waals surface area contributed by atoms with Crippen LogP contribution in [-0.2, 0) is 4.79 Å². The molecule has 34 heavy (non-hydrogen) atoms. The molecule has 0 atom stereocenters. The lowest BCUT2D eigenvalue weighted by atomic mass is 9.97. The van der Waals surface area contributed by atoms with Crippen LogP contribution < -0.4 is 9.47 Å². The predicted octanol–water partition coefficient (Wildman–Crippen LogP) is 5.82. The Morgan fingerprint density at radius 2 is 1.71 bits per heavy atom. The Morgan fingerprint density at radius 1 is 1.03 bits per heavy atom. The molecule has 174 valence electrons. The van der Waals surface area contributed by atoms with Gasteiger partial charge in [0.05, 0.1) is 5.75 Å². The summed E-state index contributed by atoms with van der Waals surface area (Å²) < 4.78 is 24.7. The van der Waals surface area contributed by atoms with Crippen molar-refractivity contribution >= 4 is 23.3 Å². The highest BCUT2D eigenvalue weighted by Gasteiger charge is 2.08. The molecule has 3 aromatic rings. The zero-order valence-electron chi connectivity index (χ0n) is 19.0. The van der Waals surface area contributed by atoms with Crippen LogP contribution in [0.5, 0.6) is 11.5 Å². The molecule has 0 aliphatic rings. The van der Waals surface area contributed by atoms with E-state index in [9.17, 15) is 9.18 Å². The van der Waals surface area contributed by atoms with E-state index in [1.54, 1.807) is 42.1 Å². The lowest BCUT2D eigenvalue weighted by molar-refractivity contribution is -0.139. The number of hydrogen-bond acceptors (Lipinski definition) is 4. The van der Waals surface area contributed by atoms with Crippen LogP contribution in [0.2, 0.25) is 0 Å². The largest absolute Gasteiger partial charge is 0.489 e. The number of carboxylic acids is 1. The molecule has 6 heteroatoms. The number of halogens is 1. The third kappa shape index (κ3) is 7.43. The monoisotopic (exact) mass is 476 g/mol. The molecule has 0 bridgehead atoms. The fourth-order valence-corrected chi connectivity index (χ4v) is 3.43. The Bertz CT molecular complexity index is 1210. The fraction of sp³-hybridized carbons (Fsp3) is 0.179. The number of hydrogen-bond donors (Lipinski definition) is 1. The van der Waals surface area contributed by atoms with Crippen molar-refractivity contribution in [2.45, 2.75) is 6.92 Å². The van der Waals surface area contributed by atoms with Crippen LogP contribution in [0.25, 0.3) is 5.57 Å². The number of ether oxygens (including phenoxy) is 2. The van der Waals surface area contributed by atoms with Gasteiger partial charge in [0.1, 0.15) is 23.9 Å². The standard InChI is InChI=1S/C28H25FO4S/c1-20-18-25(13-14-27(20)33-19-28(30)31)32-16-15-26(23-9-11-24(29)12-10-23)22-7-5-21(6-8-22)4-3-17-34-2/h5-15,18H,16-17,19H2,1-2H3,(H,30,31). The van der Waals surface area contributed by atoms with Crippen molar-refractivity contribution in [1.82, 2.24) is 0 Å². The Balaban J connectivity index is 1.78. The molecular weight excluding hydrogens is 451 g/mol. The van der Waals surface area contributed by atoms with Gasteiger partial charge in [-0.15, -0.1) is 0 Å². The third-order valence-corrected chi connectivity index (χ3v) is 5.27. The molecule has 0 fully saturated rings. The predicted molar refractivity (Wildman–Crippen MR) is 135 cm³/mol. The first-order valence-electron chi connectivity index (χ1n) is 10.6. The molecule has 0 saturated carbocycles. The average Bonchev–Trinajstić information content (AvgIpc) is 2.83. The molecular formula is C28H25FO4S. The molecule has 0 amide bonds. The molecule has 0 heterocycles. The van der Waals surface area contributed by atoms with Gasteiger partial charge in [-0.05, 0) is 84.0 Å². The van der Waals surface area contributed by atoms with Gasteiger partial charge in [-0.25, -0.2) is 9.18 Å². The van der Waals surface area contributed by atoms with Crippen molar-refractivity contribution in [3.63, 3.8) is 0 Å². The molecule has 3 rings (SSSR count). The molecule has 0 aliphatic carbocycles. The molecule has 0 saturated heterocycles. The van der Waals surface area contributed by atoms with Gasteiger partial charge >= 0.3 is 5.97 Å². The maximum Gasteiger partial charge on any atom is 0.341 e. The van der Waals surface area contributed by atoms with Crippen LogP contribution in [0.4, 0.5) is 4.39 Å². The minimum Gasteiger partial charge on any atom is -0.489 e. The number of aliphatic carboxylic acids is 1. The van der Waals surface area contributed by atoms with E-state index in [-0.39, 0.29) is 12.4 Å². The number of rotatable bonds is 9. The lowest BCUT2D eigenvalue weighted by Crippen LogP contribution is -2.10. The topological polar surface area (TPSA) is 55.8 Å². The van der Waals surface area contributed by atoms with E-state index >= 15 is 0 Å². The van der Waals surface area contributed by atoms with Crippen LogP contribution in [0.1, 0.15) is 22.3 Å². The summed E-state index contributed by atoms with van der Waals surface area (Å²) in [6.45, 7) is 1.72. The number of carbonyl (C=O) groups is 1. The Morgan fingerprint density at radius 3 is 2.32 bits per heavy atom. The molecule has 0 unspecified atom stereocenters. The van der Waals surface area contributed by atoms with E-state index in [2.05, 4.69) is 11.8 Å². The van der Waals surface area contributed by atoms with Gasteiger partial charge in [-0.2, -0.15) is 11.8 Å². The smallest absolute Gasteiger partial charge is 0.341 e. The molecule has 1 N–H and O–H groups in total. The van der Waals surface area contributed by atoms with E-state index in [0.717, 1.165) is 33.6 Å². The summed E-state index contributed by atoms with van der Waals surface area (Å²) in [7, 11) is 0. The zero-order valence-corrected chi connectivity index (χ0v) is 19.8. The summed E-state index contributed by atoms with van der Waals surface area (Å²) in [5, 5.41) is 8.77. The first-order chi connectivity index (χ1) is 16.5. The lowest BCUT2D eigenvalue weighted by Gasteiger charge is -2.12. The summed E-state index contributed by atoms with van der Waals surface area (Å²) >= 11 is 1.68. The van der Waals surface area contributed by atoms with Gasteiger partial charge in [0.15, 0.2) is 6.61 Å². The van der Waals surface area contributed by atoms with Crippen LogP contribution >= 0.6 is 11.8 Å². The summed E-state index contributed by atoms with van der Waals surface area (Å²) in [5.74, 6) is 6.85. The van der Waals surface area contributed by atoms with E-state index in [1.165, 1.54) is 12.1 Å². The maximum absolute atomic E-state index is 13.5. The summed E-state index contributed by atoms with van der Waals surface area (Å²) in [5.41, 5.74) is 4.48. The van der Waals surface area contributed by atoms with E-state index in [0.29, 0.717) is 11.5 Å². The van der Waals surface area contributed by atoms with E-state index < -0.39 is 12.6 Å². The van der Waals surface area contributed by atoms with Gasteiger partial charge in [0.2, 0.25) is 0 Å². The molecule has 3 aromatic carbocycles. The minimum atomic E-state index is -1.03. The van der Waals surface area contributed by atoms with Crippen LogP contribution in [0.15, 0.2) is 72.8 Å². The number of benzene rings is 3. The van der Waals surface area contributed by atoms with Crippen LogP contribution in [-0.4, -0.2) is 36.3 Å². The quantitative estimate of drug-likeness (QED) is 0.394. The Hall–Kier alpha value is -3.69. The zero-order chi connectivity index (χ0) is 24.3. The average molecular weight is 477 g/mol. The van der Waals surface area contributed by atoms with Gasteiger partial charge in [-0.1, -0.05) is 36.1 Å². The van der Waals surface area contributed by atoms with E-state index in [4.69, 9.17) is 14.6 Å². The van der Waals surface area contributed by atoms with Gasteiger partial charge in [0.25, 0.3) is 0 Å². The first-order valence-corrected chi connectivity index (χ1v) is 12.0. The second kappa shape index (κ2) is 12.5. The number of thioether (sulfide) groups is 1. The first kappa shape index (κ1) is 24.9. The normalized spacial score (nSPS) is 10.9. The van der Waals surface area contributed by atoms with Crippen LogP contribution in [0, 0.1) is 24.6 Å². The molecule has 4 nitrogen and oxygen atoms in total. The highest BCUT2D eigenvalue weighted by Crippen LogP contribution is 2.26. The highest BCUT2D eigenvalue weighted by atomic mass is 32.2. The SMILES string of the molecule is CSCC#Cc1ccc(C(=CCOc2ccc(OCC(=O)O)c(C)c2)c2ccc(F)cc2)cc1. The second-order valence-electron chi connectivity index (χ2n) is 7.36.